The quantitative estimate of drug-likeness (QED) is 0.918. The number of halogens is 2. The number of nitrogens with zero attached hydrogens (tertiary/aromatic N) is 1. The van der Waals surface area contributed by atoms with Gasteiger partial charge < -0.3 is 5.73 Å². The molecule has 0 bridgehead atoms. The Kier molecular flexibility index (Phi) is 4.91. The molecule has 1 fully saturated rings. The van der Waals surface area contributed by atoms with Crippen molar-refractivity contribution in [3.63, 3.8) is 0 Å². The van der Waals surface area contributed by atoms with Gasteiger partial charge in [-0.05, 0) is 56.5 Å². The van der Waals surface area contributed by atoms with E-state index in [-0.39, 0.29) is 0 Å². The molecule has 2 N–H and O–H groups in total. The van der Waals surface area contributed by atoms with Crippen molar-refractivity contribution in [1.29, 1.82) is 0 Å². The van der Waals surface area contributed by atoms with Crippen LogP contribution in [0.4, 0.5) is 0 Å². The fourth-order valence-electron chi connectivity index (χ4n) is 2.68. The van der Waals surface area contributed by atoms with Gasteiger partial charge in [0.15, 0.2) is 0 Å². The molecule has 2 unspecified atom stereocenters. The average Bonchev–Trinajstić information content (AvgIpc) is 2.38. The van der Waals surface area contributed by atoms with Crippen LogP contribution in [-0.2, 0) is 0 Å². The predicted molar refractivity (Wildman–Crippen MR) is 78.2 cm³/mol. The van der Waals surface area contributed by atoms with Crippen molar-refractivity contribution in [2.24, 2.45) is 11.7 Å². The van der Waals surface area contributed by atoms with Gasteiger partial charge in [0.25, 0.3) is 0 Å². The number of likely N-dealkylation sites (tertiary alicyclic amines) is 1. The summed E-state index contributed by atoms with van der Waals surface area (Å²) in [6.07, 6.45) is 2.46. The highest BCUT2D eigenvalue weighted by molar-refractivity contribution is 6.35. The molecule has 0 amide bonds. The molecule has 1 saturated heterocycles. The largest absolute Gasteiger partial charge is 0.330 e. The monoisotopic (exact) mass is 286 g/mol. The Hall–Kier alpha value is -0.280. The second-order valence-corrected chi connectivity index (χ2v) is 5.92. The van der Waals surface area contributed by atoms with E-state index >= 15 is 0 Å². The van der Waals surface area contributed by atoms with Gasteiger partial charge in [0.1, 0.15) is 0 Å². The molecule has 4 heteroatoms. The van der Waals surface area contributed by atoms with E-state index < -0.39 is 0 Å². The first kappa shape index (κ1) is 14.1. The Balaban J connectivity index is 2.12. The van der Waals surface area contributed by atoms with Gasteiger partial charge in [-0.2, -0.15) is 0 Å². The first-order valence-corrected chi connectivity index (χ1v) is 7.26. The summed E-state index contributed by atoms with van der Waals surface area (Å²) in [7, 11) is 0. The van der Waals surface area contributed by atoms with Gasteiger partial charge in [-0.3, -0.25) is 4.90 Å². The second kappa shape index (κ2) is 6.25. The van der Waals surface area contributed by atoms with Crippen LogP contribution in [0.25, 0.3) is 0 Å². The molecular formula is C14H20Cl2N2. The molecule has 1 heterocycles. The normalized spacial score (nSPS) is 23.0. The Bertz CT molecular complexity index is 409. The van der Waals surface area contributed by atoms with Crippen molar-refractivity contribution >= 4 is 23.2 Å². The number of benzene rings is 1. The van der Waals surface area contributed by atoms with Gasteiger partial charge in [-0.15, -0.1) is 0 Å². The van der Waals surface area contributed by atoms with Crippen LogP contribution in [0.5, 0.6) is 0 Å². The molecular weight excluding hydrogens is 267 g/mol. The molecule has 18 heavy (non-hydrogen) atoms. The van der Waals surface area contributed by atoms with E-state index in [1.165, 1.54) is 12.8 Å². The minimum absolute atomic E-state index is 0.323. The molecule has 1 aliphatic heterocycles. The van der Waals surface area contributed by atoms with Crippen LogP contribution in [-0.4, -0.2) is 24.5 Å². The topological polar surface area (TPSA) is 29.3 Å². The summed E-state index contributed by atoms with van der Waals surface area (Å²) in [5.74, 6) is 0.618. The van der Waals surface area contributed by atoms with Crippen molar-refractivity contribution < 1.29 is 0 Å². The van der Waals surface area contributed by atoms with Crippen LogP contribution >= 0.6 is 23.2 Å². The maximum Gasteiger partial charge on any atom is 0.0468 e. The zero-order valence-corrected chi connectivity index (χ0v) is 12.2. The van der Waals surface area contributed by atoms with E-state index in [0.29, 0.717) is 17.0 Å². The third-order valence-corrected chi connectivity index (χ3v) is 4.41. The van der Waals surface area contributed by atoms with Crippen LogP contribution in [0.15, 0.2) is 18.2 Å². The van der Waals surface area contributed by atoms with E-state index in [1.807, 2.05) is 18.2 Å². The third kappa shape index (κ3) is 3.18. The zero-order valence-electron chi connectivity index (χ0n) is 10.7. The van der Waals surface area contributed by atoms with Gasteiger partial charge in [-0.25, -0.2) is 0 Å². The zero-order chi connectivity index (χ0) is 13.1. The smallest absolute Gasteiger partial charge is 0.0468 e. The molecule has 2 atom stereocenters. The number of rotatable bonds is 3. The minimum Gasteiger partial charge on any atom is -0.330 e. The molecule has 0 saturated carbocycles. The highest BCUT2D eigenvalue weighted by Crippen LogP contribution is 2.32. The Labute approximate surface area is 119 Å². The Morgan fingerprint density at radius 3 is 2.89 bits per heavy atom. The van der Waals surface area contributed by atoms with E-state index in [4.69, 9.17) is 28.9 Å². The number of hydrogen-bond acceptors (Lipinski definition) is 2. The molecule has 1 aromatic carbocycles. The molecule has 2 rings (SSSR count). The highest BCUT2D eigenvalue weighted by atomic mass is 35.5. The lowest BCUT2D eigenvalue weighted by Gasteiger charge is -2.37. The SMILES string of the molecule is CC(c1ccc(Cl)cc1Cl)N1CCCC(CN)C1. The maximum absolute atomic E-state index is 6.28. The minimum atomic E-state index is 0.323. The first-order chi connectivity index (χ1) is 8.61. The van der Waals surface area contributed by atoms with Crippen LogP contribution in [0.1, 0.15) is 31.4 Å². The first-order valence-electron chi connectivity index (χ1n) is 6.51. The van der Waals surface area contributed by atoms with Gasteiger partial charge in [0, 0.05) is 22.6 Å². The molecule has 0 aliphatic carbocycles. The van der Waals surface area contributed by atoms with Crippen LogP contribution in [0.3, 0.4) is 0 Å². The fraction of sp³-hybridized carbons (Fsp3) is 0.571. The van der Waals surface area contributed by atoms with Crippen LogP contribution < -0.4 is 5.73 Å². The van der Waals surface area contributed by atoms with Gasteiger partial charge in [-0.1, -0.05) is 29.3 Å². The molecule has 1 aromatic rings. The second-order valence-electron chi connectivity index (χ2n) is 5.08. The van der Waals surface area contributed by atoms with Crippen molar-refractivity contribution in [1.82, 2.24) is 4.90 Å². The summed E-state index contributed by atoms with van der Waals surface area (Å²) in [5, 5.41) is 1.44. The van der Waals surface area contributed by atoms with E-state index in [2.05, 4.69) is 11.8 Å². The third-order valence-electron chi connectivity index (χ3n) is 3.84. The van der Waals surface area contributed by atoms with E-state index in [1.54, 1.807) is 0 Å². The van der Waals surface area contributed by atoms with Gasteiger partial charge in [0.2, 0.25) is 0 Å². The Morgan fingerprint density at radius 1 is 1.44 bits per heavy atom. The van der Waals surface area contributed by atoms with Crippen molar-refractivity contribution in [3.05, 3.63) is 33.8 Å². The lowest BCUT2D eigenvalue weighted by molar-refractivity contribution is 0.134. The van der Waals surface area contributed by atoms with Crippen LogP contribution in [0, 0.1) is 5.92 Å². The van der Waals surface area contributed by atoms with Gasteiger partial charge in [0.05, 0.1) is 0 Å². The average molecular weight is 287 g/mol. The lowest BCUT2D eigenvalue weighted by Crippen LogP contribution is -2.39. The summed E-state index contributed by atoms with van der Waals surface area (Å²) in [5.41, 5.74) is 6.94. The van der Waals surface area contributed by atoms with Gasteiger partial charge >= 0.3 is 0 Å². The molecule has 2 nitrogen and oxygen atoms in total. The van der Waals surface area contributed by atoms with Crippen molar-refractivity contribution in [2.75, 3.05) is 19.6 Å². The van der Waals surface area contributed by atoms with E-state index in [9.17, 15) is 0 Å². The molecule has 0 aromatic heterocycles. The lowest BCUT2D eigenvalue weighted by atomic mass is 9.95. The summed E-state index contributed by atoms with van der Waals surface area (Å²) < 4.78 is 0. The van der Waals surface area contributed by atoms with E-state index in [0.717, 1.165) is 30.2 Å². The van der Waals surface area contributed by atoms with Crippen molar-refractivity contribution in [3.8, 4) is 0 Å². The summed E-state index contributed by atoms with van der Waals surface area (Å²) in [6, 6.07) is 6.08. The molecule has 0 radical (unpaired) electrons. The number of hydrogen-bond donors (Lipinski definition) is 1. The summed E-state index contributed by atoms with van der Waals surface area (Å²) >= 11 is 12.2. The molecule has 1 aliphatic rings. The predicted octanol–water partition coefficient (Wildman–Crippen LogP) is 3.73. The summed E-state index contributed by atoms with van der Waals surface area (Å²) in [6.45, 7) is 5.17. The summed E-state index contributed by atoms with van der Waals surface area (Å²) in [4.78, 5) is 2.47. The highest BCUT2D eigenvalue weighted by Gasteiger charge is 2.24. The maximum atomic E-state index is 6.28. The number of piperidine rings is 1. The fourth-order valence-corrected chi connectivity index (χ4v) is 3.24. The molecule has 0 spiro atoms. The molecule has 100 valence electrons. The Morgan fingerprint density at radius 2 is 2.22 bits per heavy atom. The number of nitrogens with two attached hydrogens (primary N) is 1. The van der Waals surface area contributed by atoms with Crippen molar-refractivity contribution in [2.45, 2.75) is 25.8 Å². The van der Waals surface area contributed by atoms with Crippen LogP contribution in [0.2, 0.25) is 10.0 Å². The standard InChI is InChI=1S/C14H20Cl2N2/c1-10(13-5-4-12(15)7-14(13)16)18-6-2-3-11(8-17)9-18/h4-5,7,10-11H,2-3,6,8-9,17H2,1H3.